The van der Waals surface area contributed by atoms with E-state index in [0.717, 1.165) is 22.5 Å². The van der Waals surface area contributed by atoms with Crippen LogP contribution in [-0.4, -0.2) is 5.91 Å². The molecule has 0 bridgehead atoms. The summed E-state index contributed by atoms with van der Waals surface area (Å²) in [5.74, 6) is 0.426. The first-order valence-corrected chi connectivity index (χ1v) is 11.1. The van der Waals surface area contributed by atoms with Crippen molar-refractivity contribution in [2.45, 2.75) is 47.1 Å². The predicted molar refractivity (Wildman–Crippen MR) is 137 cm³/mol. The Kier molecular flexibility index (Phi) is 13.3. The van der Waals surface area contributed by atoms with Gasteiger partial charge in [-0.3, -0.25) is 4.79 Å². The van der Waals surface area contributed by atoms with Gasteiger partial charge >= 0.3 is 0 Å². The van der Waals surface area contributed by atoms with Crippen molar-refractivity contribution in [1.29, 1.82) is 0 Å². The van der Waals surface area contributed by atoms with E-state index < -0.39 is 5.91 Å². The number of allylic oxidation sites excluding steroid dienone is 12. The van der Waals surface area contributed by atoms with Crippen LogP contribution in [0.4, 0.5) is 0 Å². The van der Waals surface area contributed by atoms with Crippen LogP contribution < -0.4 is 5.73 Å². The lowest BCUT2D eigenvalue weighted by molar-refractivity contribution is -0.114. The molecular weight excluding hydrogens is 418 g/mol. The fraction of sp³-hybridized carbons (Fsp3) is 0.250. The molecule has 0 saturated carbocycles. The van der Waals surface area contributed by atoms with E-state index in [1.165, 1.54) is 0 Å². The third-order valence-electron chi connectivity index (χ3n) is 4.61. The number of hydrogen-bond acceptors (Lipinski definition) is 2. The summed E-state index contributed by atoms with van der Waals surface area (Å²) in [4.78, 5) is 11.6. The number of primary amides is 1. The van der Waals surface area contributed by atoms with Crippen molar-refractivity contribution in [2.24, 2.45) is 5.73 Å². The highest BCUT2D eigenvalue weighted by Crippen LogP contribution is 2.27. The number of amides is 1. The van der Waals surface area contributed by atoms with Crippen LogP contribution in [-0.2, 0) is 16.1 Å². The Morgan fingerprint density at radius 1 is 1.12 bits per heavy atom. The largest absolute Gasteiger partial charge is 0.492 e. The SMILES string of the molecule is C/C=C\C.C/C=C\C=C(/C/C=C(/C)C1=C(OCc2ccccc2)CC=CC(Cl)=C1)C(N)=O. The number of carbonyl (C=O) groups is 1. The highest BCUT2D eigenvalue weighted by molar-refractivity contribution is 6.31. The molecule has 3 nitrogen and oxygen atoms in total. The third kappa shape index (κ3) is 10.3. The zero-order valence-electron chi connectivity index (χ0n) is 19.5. The molecule has 2 rings (SSSR count). The van der Waals surface area contributed by atoms with Crippen LogP contribution in [0.5, 0.6) is 0 Å². The van der Waals surface area contributed by atoms with E-state index in [4.69, 9.17) is 22.1 Å². The lowest BCUT2D eigenvalue weighted by Gasteiger charge is -2.14. The molecule has 0 heterocycles. The average Bonchev–Trinajstić information content (AvgIpc) is 2.99. The lowest BCUT2D eigenvalue weighted by Crippen LogP contribution is -2.13. The summed E-state index contributed by atoms with van der Waals surface area (Å²) in [7, 11) is 0. The van der Waals surface area contributed by atoms with Crippen molar-refractivity contribution in [1.82, 2.24) is 0 Å². The van der Waals surface area contributed by atoms with Crippen LogP contribution in [0.3, 0.4) is 0 Å². The summed E-state index contributed by atoms with van der Waals surface area (Å²) in [6, 6.07) is 10.0. The molecule has 0 spiro atoms. The third-order valence-corrected chi connectivity index (χ3v) is 4.85. The van der Waals surface area contributed by atoms with Crippen LogP contribution in [0.2, 0.25) is 0 Å². The maximum Gasteiger partial charge on any atom is 0.244 e. The summed E-state index contributed by atoms with van der Waals surface area (Å²) < 4.78 is 6.12. The van der Waals surface area contributed by atoms with Gasteiger partial charge in [-0.05, 0) is 57.4 Å². The number of halogens is 1. The van der Waals surface area contributed by atoms with Gasteiger partial charge in [-0.25, -0.2) is 0 Å². The maximum atomic E-state index is 11.6. The first kappa shape index (κ1) is 27.0. The maximum absolute atomic E-state index is 11.6. The van der Waals surface area contributed by atoms with E-state index in [1.54, 1.807) is 6.08 Å². The second kappa shape index (κ2) is 15.7. The van der Waals surface area contributed by atoms with E-state index >= 15 is 0 Å². The van der Waals surface area contributed by atoms with Crippen molar-refractivity contribution in [2.75, 3.05) is 0 Å². The zero-order valence-corrected chi connectivity index (χ0v) is 20.2. The van der Waals surface area contributed by atoms with Crippen molar-refractivity contribution in [3.8, 4) is 0 Å². The highest BCUT2D eigenvalue weighted by Gasteiger charge is 2.12. The van der Waals surface area contributed by atoms with Gasteiger partial charge in [-0.2, -0.15) is 0 Å². The van der Waals surface area contributed by atoms with Gasteiger partial charge in [-0.1, -0.05) is 84.5 Å². The van der Waals surface area contributed by atoms with Gasteiger partial charge in [0, 0.05) is 22.6 Å². The monoisotopic (exact) mass is 451 g/mol. The minimum Gasteiger partial charge on any atom is -0.492 e. The molecule has 0 aliphatic heterocycles. The van der Waals surface area contributed by atoms with Crippen molar-refractivity contribution < 1.29 is 9.53 Å². The van der Waals surface area contributed by atoms with Gasteiger partial charge in [0.2, 0.25) is 5.91 Å². The van der Waals surface area contributed by atoms with E-state index in [1.807, 2.05) is 107 Å². The summed E-state index contributed by atoms with van der Waals surface area (Å²) in [5, 5.41) is 0.639. The zero-order chi connectivity index (χ0) is 23.8. The van der Waals surface area contributed by atoms with E-state index in [2.05, 4.69) is 0 Å². The Morgan fingerprint density at radius 3 is 2.41 bits per heavy atom. The molecule has 1 aliphatic rings. The van der Waals surface area contributed by atoms with Gasteiger partial charge in [0.05, 0.1) is 0 Å². The molecule has 2 N–H and O–H groups in total. The summed E-state index contributed by atoms with van der Waals surface area (Å²) in [6.45, 7) is 8.37. The van der Waals surface area contributed by atoms with Crippen molar-refractivity contribution in [3.63, 3.8) is 0 Å². The fourth-order valence-electron chi connectivity index (χ4n) is 2.71. The quantitative estimate of drug-likeness (QED) is 0.253. The standard InChI is InChI=1S/C24H26ClNO2.C4H8/c1-3-4-11-20(24(26)27)15-14-18(2)22-16-21(25)12-8-13-23(22)28-17-19-9-6-5-7-10-19;1-3-4-2/h3-12,14,16H,13,15,17H2,1-2H3,(H2,26,27);3-4H,1-2H3/b4-3-,18-14-,20-11+;4-3-. The van der Waals surface area contributed by atoms with Gasteiger partial charge in [-0.15, -0.1) is 0 Å². The number of hydrogen-bond donors (Lipinski definition) is 1. The normalized spacial score (nSPS) is 14.8. The number of nitrogens with two attached hydrogens (primary N) is 1. The minimum atomic E-state index is -0.423. The highest BCUT2D eigenvalue weighted by atomic mass is 35.5. The Bertz CT molecular complexity index is 941. The first-order valence-electron chi connectivity index (χ1n) is 10.7. The molecule has 32 heavy (non-hydrogen) atoms. The fourth-order valence-corrected chi connectivity index (χ4v) is 2.90. The number of benzene rings is 1. The molecule has 0 aromatic heterocycles. The van der Waals surface area contributed by atoms with Crippen LogP contribution in [0, 0.1) is 0 Å². The van der Waals surface area contributed by atoms with E-state index in [0.29, 0.717) is 30.1 Å². The molecule has 4 heteroatoms. The lowest BCUT2D eigenvalue weighted by atomic mass is 10.0. The summed E-state index contributed by atoms with van der Waals surface area (Å²) in [5.41, 5.74) is 9.04. The Labute approximate surface area is 198 Å². The molecule has 0 atom stereocenters. The smallest absolute Gasteiger partial charge is 0.244 e. The summed E-state index contributed by atoms with van der Waals surface area (Å²) in [6.07, 6.45) is 18.2. The van der Waals surface area contributed by atoms with Gasteiger partial charge < -0.3 is 10.5 Å². The number of ether oxygens (including phenoxy) is 1. The topological polar surface area (TPSA) is 52.3 Å². The molecule has 0 unspecified atom stereocenters. The summed E-state index contributed by atoms with van der Waals surface area (Å²) >= 11 is 6.29. The van der Waals surface area contributed by atoms with Crippen LogP contribution in [0.15, 0.2) is 113 Å². The van der Waals surface area contributed by atoms with Gasteiger partial charge in [0.15, 0.2) is 0 Å². The molecule has 0 saturated heterocycles. The molecule has 1 aromatic carbocycles. The molecule has 170 valence electrons. The van der Waals surface area contributed by atoms with Crippen LogP contribution in [0.25, 0.3) is 0 Å². The first-order chi connectivity index (χ1) is 15.4. The second-order valence-corrected chi connectivity index (χ2v) is 7.52. The number of carbonyl (C=O) groups excluding carboxylic acids is 1. The Morgan fingerprint density at radius 2 is 1.81 bits per heavy atom. The Balaban J connectivity index is 0.00000118. The molecule has 1 aliphatic carbocycles. The van der Waals surface area contributed by atoms with Crippen molar-refractivity contribution in [3.05, 3.63) is 118 Å². The van der Waals surface area contributed by atoms with Gasteiger partial charge in [0.1, 0.15) is 12.4 Å². The molecule has 0 fully saturated rings. The van der Waals surface area contributed by atoms with Gasteiger partial charge in [0.25, 0.3) is 0 Å². The molecule has 0 radical (unpaired) electrons. The average molecular weight is 452 g/mol. The number of rotatable bonds is 8. The molecular formula is C28H34ClNO2. The molecule has 1 amide bonds. The van der Waals surface area contributed by atoms with Crippen molar-refractivity contribution >= 4 is 17.5 Å². The minimum absolute atomic E-state index is 0.423. The second-order valence-electron chi connectivity index (χ2n) is 7.09. The predicted octanol–water partition coefficient (Wildman–Crippen LogP) is 7.45. The van der Waals surface area contributed by atoms with E-state index in [9.17, 15) is 4.79 Å². The van der Waals surface area contributed by atoms with E-state index in [-0.39, 0.29) is 0 Å². The Hall–Kier alpha value is -3.04. The molecule has 1 aromatic rings. The van der Waals surface area contributed by atoms with Crippen LogP contribution >= 0.6 is 11.6 Å². The van der Waals surface area contributed by atoms with Crippen LogP contribution in [0.1, 0.15) is 46.1 Å².